The molecule has 0 amide bonds. The molecule has 0 radical (unpaired) electrons. The Morgan fingerprint density at radius 2 is 1.29 bits per heavy atom. The first-order chi connectivity index (χ1) is 11.2. The van der Waals surface area contributed by atoms with E-state index in [1.807, 2.05) is 0 Å². The standard InChI is InChI=1S/C20H36N2O2/c1-7-8-9-10-11-12-13-20(6,16-21-18(2,3)14-23-16)17-22-19(4,5)15-24-17/h7-15H2,1-6H3. The van der Waals surface area contributed by atoms with Gasteiger partial charge in [0.25, 0.3) is 0 Å². The second-order valence-electron chi connectivity index (χ2n) is 8.89. The average Bonchev–Trinajstić information content (AvgIpc) is 3.05. The van der Waals surface area contributed by atoms with E-state index < -0.39 is 0 Å². The van der Waals surface area contributed by atoms with Gasteiger partial charge in [-0.1, -0.05) is 45.4 Å². The summed E-state index contributed by atoms with van der Waals surface area (Å²) in [6, 6.07) is 0. The smallest absolute Gasteiger partial charge is 0.199 e. The van der Waals surface area contributed by atoms with Gasteiger partial charge in [0, 0.05) is 0 Å². The Labute approximate surface area is 148 Å². The molecule has 0 aromatic carbocycles. The van der Waals surface area contributed by atoms with Gasteiger partial charge >= 0.3 is 0 Å². The Kier molecular flexibility index (Phi) is 5.98. The van der Waals surface area contributed by atoms with Gasteiger partial charge in [-0.3, -0.25) is 0 Å². The minimum atomic E-state index is -0.327. The number of hydrogen-bond donors (Lipinski definition) is 0. The van der Waals surface area contributed by atoms with E-state index in [1.54, 1.807) is 0 Å². The van der Waals surface area contributed by atoms with E-state index in [0.29, 0.717) is 13.2 Å². The van der Waals surface area contributed by atoms with E-state index in [2.05, 4.69) is 41.5 Å². The summed E-state index contributed by atoms with van der Waals surface area (Å²) in [6.45, 7) is 14.2. The zero-order valence-electron chi connectivity index (χ0n) is 16.6. The monoisotopic (exact) mass is 336 g/mol. The van der Waals surface area contributed by atoms with E-state index in [1.165, 1.54) is 32.1 Å². The van der Waals surface area contributed by atoms with Crippen LogP contribution in [0.1, 0.15) is 86.5 Å². The van der Waals surface area contributed by atoms with Crippen molar-refractivity contribution < 1.29 is 9.47 Å². The van der Waals surface area contributed by atoms with Gasteiger partial charge in [0.05, 0.1) is 11.1 Å². The molecule has 0 bridgehead atoms. The molecular weight excluding hydrogens is 300 g/mol. The van der Waals surface area contributed by atoms with Crippen molar-refractivity contribution in [1.82, 2.24) is 0 Å². The Bertz CT molecular complexity index is 458. The van der Waals surface area contributed by atoms with Gasteiger partial charge in [0.1, 0.15) is 18.6 Å². The molecule has 2 aliphatic rings. The van der Waals surface area contributed by atoms with Crippen LogP contribution in [0.2, 0.25) is 0 Å². The normalized spacial score (nSPS) is 21.9. The number of rotatable bonds is 9. The van der Waals surface area contributed by atoms with Gasteiger partial charge in [-0.15, -0.1) is 0 Å². The van der Waals surface area contributed by atoms with Crippen molar-refractivity contribution in [2.75, 3.05) is 13.2 Å². The van der Waals surface area contributed by atoms with E-state index >= 15 is 0 Å². The predicted octanol–water partition coefficient (Wildman–Crippen LogP) is 5.16. The fourth-order valence-electron chi connectivity index (χ4n) is 3.30. The maximum atomic E-state index is 6.00. The van der Waals surface area contributed by atoms with Crippen LogP contribution in [0.25, 0.3) is 0 Å². The Hall–Kier alpha value is -1.06. The van der Waals surface area contributed by atoms with Gasteiger partial charge in [-0.25, -0.2) is 9.98 Å². The van der Waals surface area contributed by atoms with E-state index in [-0.39, 0.29) is 16.5 Å². The largest absolute Gasteiger partial charge is 0.478 e. The lowest BCUT2D eigenvalue weighted by atomic mass is 9.83. The summed E-state index contributed by atoms with van der Waals surface area (Å²) in [4.78, 5) is 9.69. The lowest BCUT2D eigenvalue weighted by molar-refractivity contribution is 0.229. The van der Waals surface area contributed by atoms with Gasteiger partial charge < -0.3 is 9.47 Å². The van der Waals surface area contributed by atoms with Crippen LogP contribution in [0.15, 0.2) is 9.98 Å². The topological polar surface area (TPSA) is 43.2 Å². The molecule has 2 rings (SSSR count). The Balaban J connectivity index is 2.08. The van der Waals surface area contributed by atoms with Crippen LogP contribution in [0.4, 0.5) is 0 Å². The third-order valence-electron chi connectivity index (χ3n) is 4.91. The highest BCUT2D eigenvalue weighted by Gasteiger charge is 2.47. The maximum Gasteiger partial charge on any atom is 0.199 e. The van der Waals surface area contributed by atoms with E-state index in [4.69, 9.17) is 19.5 Å². The molecule has 0 spiro atoms. The zero-order chi connectivity index (χ0) is 17.8. The minimum absolute atomic E-state index is 0.146. The molecule has 2 aliphatic heterocycles. The van der Waals surface area contributed by atoms with Crippen LogP contribution in [0.3, 0.4) is 0 Å². The van der Waals surface area contributed by atoms with Crippen molar-refractivity contribution >= 4 is 11.8 Å². The number of aliphatic imine (C=N–C) groups is 2. The van der Waals surface area contributed by atoms with Crippen LogP contribution >= 0.6 is 0 Å². The molecule has 0 unspecified atom stereocenters. The molecule has 2 heterocycles. The molecule has 4 nitrogen and oxygen atoms in total. The first-order valence-electron chi connectivity index (χ1n) is 9.65. The molecule has 138 valence electrons. The number of unbranched alkanes of at least 4 members (excludes halogenated alkanes) is 5. The third kappa shape index (κ3) is 4.73. The Morgan fingerprint density at radius 3 is 1.71 bits per heavy atom. The van der Waals surface area contributed by atoms with E-state index in [9.17, 15) is 0 Å². The average molecular weight is 337 g/mol. The van der Waals surface area contributed by atoms with Crippen LogP contribution < -0.4 is 0 Å². The summed E-state index contributed by atoms with van der Waals surface area (Å²) in [7, 11) is 0. The molecule has 24 heavy (non-hydrogen) atoms. The maximum absolute atomic E-state index is 6.00. The highest BCUT2D eigenvalue weighted by Crippen LogP contribution is 2.38. The second-order valence-corrected chi connectivity index (χ2v) is 8.89. The molecule has 0 saturated heterocycles. The van der Waals surface area contributed by atoms with Crippen LogP contribution in [-0.4, -0.2) is 36.1 Å². The first-order valence-corrected chi connectivity index (χ1v) is 9.65. The SMILES string of the molecule is CCCCCCCCC(C)(C1=NC(C)(C)CO1)C1=NC(C)(C)CO1. The van der Waals surface area contributed by atoms with Gasteiger partial charge in [0.2, 0.25) is 0 Å². The molecule has 0 aromatic rings. The van der Waals surface area contributed by atoms with Crippen molar-refractivity contribution in [3.05, 3.63) is 0 Å². The first kappa shape index (κ1) is 19.3. The summed E-state index contributed by atoms with van der Waals surface area (Å²) in [5.41, 5.74) is -0.620. The number of ether oxygens (including phenoxy) is 2. The van der Waals surface area contributed by atoms with Crippen molar-refractivity contribution in [2.24, 2.45) is 15.4 Å². The van der Waals surface area contributed by atoms with Crippen molar-refractivity contribution in [3.63, 3.8) is 0 Å². The van der Waals surface area contributed by atoms with Crippen molar-refractivity contribution in [1.29, 1.82) is 0 Å². The zero-order valence-corrected chi connectivity index (χ0v) is 16.6. The van der Waals surface area contributed by atoms with Gasteiger partial charge in [0.15, 0.2) is 11.8 Å². The third-order valence-corrected chi connectivity index (χ3v) is 4.91. The lowest BCUT2D eigenvalue weighted by Crippen LogP contribution is -2.37. The number of hydrogen-bond acceptors (Lipinski definition) is 4. The quantitative estimate of drug-likeness (QED) is 0.546. The molecule has 0 aromatic heterocycles. The summed E-state index contributed by atoms with van der Waals surface area (Å²) >= 11 is 0. The summed E-state index contributed by atoms with van der Waals surface area (Å²) in [5, 5.41) is 0. The Morgan fingerprint density at radius 1 is 0.833 bits per heavy atom. The van der Waals surface area contributed by atoms with Gasteiger partial charge in [-0.2, -0.15) is 0 Å². The summed E-state index contributed by atoms with van der Waals surface area (Å²) in [5.74, 6) is 1.63. The van der Waals surface area contributed by atoms with Gasteiger partial charge in [-0.05, 0) is 41.0 Å². The summed E-state index contributed by atoms with van der Waals surface area (Å²) < 4.78 is 12.0. The van der Waals surface area contributed by atoms with E-state index in [0.717, 1.165) is 24.6 Å². The van der Waals surface area contributed by atoms with Crippen LogP contribution in [0, 0.1) is 5.41 Å². The lowest BCUT2D eigenvalue weighted by Gasteiger charge is -2.28. The van der Waals surface area contributed by atoms with Crippen LogP contribution in [-0.2, 0) is 9.47 Å². The molecule has 0 N–H and O–H groups in total. The van der Waals surface area contributed by atoms with Crippen LogP contribution in [0.5, 0.6) is 0 Å². The molecular formula is C20H36N2O2. The molecule has 0 aliphatic carbocycles. The molecule has 4 heteroatoms. The summed E-state index contributed by atoms with van der Waals surface area (Å²) in [6.07, 6.45) is 8.67. The highest BCUT2D eigenvalue weighted by atomic mass is 16.5. The fraction of sp³-hybridized carbons (Fsp3) is 0.900. The minimum Gasteiger partial charge on any atom is -0.478 e. The molecule has 0 fully saturated rings. The predicted molar refractivity (Wildman–Crippen MR) is 101 cm³/mol. The molecule has 0 atom stereocenters. The fourth-order valence-corrected chi connectivity index (χ4v) is 3.30. The van der Waals surface area contributed by atoms with Crippen molar-refractivity contribution in [2.45, 2.75) is 97.6 Å². The number of nitrogens with zero attached hydrogens (tertiary/aromatic N) is 2. The van der Waals surface area contributed by atoms with Crippen molar-refractivity contribution in [3.8, 4) is 0 Å². The second kappa shape index (κ2) is 7.45. The molecule has 0 saturated carbocycles. The highest BCUT2D eigenvalue weighted by molar-refractivity contribution is 6.06.